The Morgan fingerprint density at radius 3 is 1.91 bits per heavy atom. The predicted octanol–water partition coefficient (Wildman–Crippen LogP) is 2.18. The number of hydrogen-bond acceptors (Lipinski definition) is 1. The van der Waals surface area contributed by atoms with Crippen LogP contribution in [0.4, 0.5) is 13.2 Å². The summed E-state index contributed by atoms with van der Waals surface area (Å²) in [6.07, 6.45) is -4.54. The molecule has 0 N–H and O–H groups in total. The average molecular weight is 164 g/mol. The SMILES string of the molecule is C=NC(=NC(=C)C)C(F)(F)F. The van der Waals surface area contributed by atoms with Gasteiger partial charge in [-0.15, -0.1) is 0 Å². The van der Waals surface area contributed by atoms with Gasteiger partial charge in [0.05, 0.1) is 0 Å². The smallest absolute Gasteiger partial charge is 0.241 e. The first kappa shape index (κ1) is 9.87. The van der Waals surface area contributed by atoms with Crippen molar-refractivity contribution in [3.63, 3.8) is 0 Å². The van der Waals surface area contributed by atoms with Gasteiger partial charge in [0.2, 0.25) is 5.84 Å². The monoisotopic (exact) mass is 164 g/mol. The van der Waals surface area contributed by atoms with Crippen LogP contribution in [0, 0.1) is 0 Å². The van der Waals surface area contributed by atoms with Crippen LogP contribution in [0.1, 0.15) is 6.92 Å². The van der Waals surface area contributed by atoms with Gasteiger partial charge < -0.3 is 0 Å². The van der Waals surface area contributed by atoms with Gasteiger partial charge in [0.1, 0.15) is 0 Å². The van der Waals surface area contributed by atoms with E-state index in [1.807, 2.05) is 0 Å². The molecule has 0 atom stereocenters. The van der Waals surface area contributed by atoms with Crippen LogP contribution in [0.15, 0.2) is 22.3 Å². The van der Waals surface area contributed by atoms with Gasteiger partial charge in [-0.05, 0) is 13.6 Å². The molecule has 0 saturated heterocycles. The van der Waals surface area contributed by atoms with Crippen molar-refractivity contribution in [2.75, 3.05) is 0 Å². The third-order valence-electron chi connectivity index (χ3n) is 0.700. The third kappa shape index (κ3) is 3.54. The van der Waals surface area contributed by atoms with Gasteiger partial charge in [-0.3, -0.25) is 0 Å². The molecule has 0 radical (unpaired) electrons. The molecule has 0 amide bonds. The molecule has 0 heterocycles. The van der Waals surface area contributed by atoms with Gasteiger partial charge in [-0.1, -0.05) is 6.58 Å². The van der Waals surface area contributed by atoms with Gasteiger partial charge in [-0.2, -0.15) is 13.2 Å². The first-order valence-corrected chi connectivity index (χ1v) is 2.66. The molecule has 0 spiro atoms. The van der Waals surface area contributed by atoms with Crippen LogP contribution in [0.5, 0.6) is 0 Å². The van der Waals surface area contributed by atoms with Crippen molar-refractivity contribution in [3.05, 3.63) is 12.3 Å². The van der Waals surface area contributed by atoms with Gasteiger partial charge in [0, 0.05) is 5.70 Å². The maximum atomic E-state index is 11.8. The molecule has 5 heteroatoms. The Hall–Kier alpha value is -1.13. The zero-order valence-corrected chi connectivity index (χ0v) is 5.94. The summed E-state index contributed by atoms with van der Waals surface area (Å²) in [4.78, 5) is 5.75. The molecule has 0 aromatic carbocycles. The summed E-state index contributed by atoms with van der Waals surface area (Å²) < 4.78 is 35.3. The maximum Gasteiger partial charge on any atom is 0.451 e. The highest BCUT2D eigenvalue weighted by Gasteiger charge is 2.35. The first-order valence-electron chi connectivity index (χ1n) is 2.66. The van der Waals surface area contributed by atoms with Crippen LogP contribution in [-0.2, 0) is 0 Å². The fourth-order valence-corrected chi connectivity index (χ4v) is 0.369. The van der Waals surface area contributed by atoms with Crippen molar-refractivity contribution in [2.24, 2.45) is 9.98 Å². The van der Waals surface area contributed by atoms with E-state index in [0.717, 1.165) is 0 Å². The Bertz CT molecular complexity index is 202. The van der Waals surface area contributed by atoms with Crippen molar-refractivity contribution in [1.82, 2.24) is 0 Å². The zero-order chi connectivity index (χ0) is 9.07. The van der Waals surface area contributed by atoms with E-state index in [1.54, 1.807) is 0 Å². The summed E-state index contributed by atoms with van der Waals surface area (Å²) in [6.45, 7) is 7.26. The Kier molecular flexibility index (Phi) is 2.98. The van der Waals surface area contributed by atoms with Gasteiger partial charge >= 0.3 is 6.18 Å². The molecule has 11 heavy (non-hydrogen) atoms. The van der Waals surface area contributed by atoms with Crippen LogP contribution in [-0.4, -0.2) is 18.7 Å². The Morgan fingerprint density at radius 1 is 1.36 bits per heavy atom. The lowest BCUT2D eigenvalue weighted by Gasteiger charge is -2.03. The fourth-order valence-electron chi connectivity index (χ4n) is 0.369. The molecule has 0 aliphatic rings. The molecule has 0 rings (SSSR count). The molecule has 0 aromatic heterocycles. The summed E-state index contributed by atoms with van der Waals surface area (Å²) in [5.41, 5.74) is 0.0460. The Morgan fingerprint density at radius 2 is 1.82 bits per heavy atom. The van der Waals surface area contributed by atoms with Crippen molar-refractivity contribution < 1.29 is 13.2 Å². The molecule has 0 fully saturated rings. The molecule has 0 aliphatic heterocycles. The standard InChI is InChI=1S/C6H7F3N2/c1-4(2)11-5(10-3)6(7,8)9/h1,3H2,2H3. The molecule has 0 bridgehead atoms. The topological polar surface area (TPSA) is 24.7 Å². The largest absolute Gasteiger partial charge is 0.451 e. The normalized spacial score (nSPS) is 12.9. The number of amidine groups is 1. The van der Waals surface area contributed by atoms with Crippen molar-refractivity contribution in [3.8, 4) is 0 Å². The van der Waals surface area contributed by atoms with E-state index in [-0.39, 0.29) is 5.70 Å². The highest BCUT2D eigenvalue weighted by molar-refractivity contribution is 5.91. The van der Waals surface area contributed by atoms with E-state index < -0.39 is 12.0 Å². The molecule has 0 saturated carbocycles. The third-order valence-corrected chi connectivity index (χ3v) is 0.700. The lowest BCUT2D eigenvalue weighted by atomic mass is 10.5. The van der Waals surface area contributed by atoms with Crippen LogP contribution in [0.2, 0.25) is 0 Å². The molecule has 62 valence electrons. The van der Waals surface area contributed by atoms with Gasteiger partial charge in [0.15, 0.2) is 0 Å². The maximum absolute atomic E-state index is 11.8. The number of aliphatic imine (C=N–C) groups is 2. The zero-order valence-electron chi connectivity index (χ0n) is 5.94. The lowest BCUT2D eigenvalue weighted by Crippen LogP contribution is -2.20. The van der Waals surface area contributed by atoms with Crippen molar-refractivity contribution in [1.29, 1.82) is 0 Å². The van der Waals surface area contributed by atoms with E-state index >= 15 is 0 Å². The molecule has 0 aliphatic carbocycles. The van der Waals surface area contributed by atoms with E-state index in [4.69, 9.17) is 0 Å². The summed E-state index contributed by atoms with van der Waals surface area (Å²) in [7, 11) is 0. The number of rotatable bonds is 1. The number of hydrogen-bond donors (Lipinski definition) is 0. The highest BCUT2D eigenvalue weighted by Crippen LogP contribution is 2.18. The number of allylic oxidation sites excluding steroid dienone is 1. The number of nitrogens with zero attached hydrogens (tertiary/aromatic N) is 2. The van der Waals surface area contributed by atoms with Gasteiger partial charge in [-0.25, -0.2) is 9.98 Å². The minimum absolute atomic E-state index is 0.0460. The van der Waals surface area contributed by atoms with Crippen LogP contribution < -0.4 is 0 Å². The minimum atomic E-state index is -4.54. The molecular formula is C6H7F3N2. The van der Waals surface area contributed by atoms with Gasteiger partial charge in [0.25, 0.3) is 0 Å². The summed E-state index contributed by atoms with van der Waals surface area (Å²) >= 11 is 0. The summed E-state index contributed by atoms with van der Waals surface area (Å²) in [5, 5.41) is 0. The molecule has 2 nitrogen and oxygen atoms in total. The van der Waals surface area contributed by atoms with Crippen LogP contribution in [0.3, 0.4) is 0 Å². The van der Waals surface area contributed by atoms with Crippen LogP contribution in [0.25, 0.3) is 0 Å². The highest BCUT2D eigenvalue weighted by atomic mass is 19.4. The quantitative estimate of drug-likeness (QED) is 0.419. The van der Waals surface area contributed by atoms with Crippen molar-refractivity contribution >= 4 is 12.6 Å². The number of alkyl halides is 3. The molecular weight excluding hydrogens is 157 g/mol. The van der Waals surface area contributed by atoms with E-state index in [2.05, 4.69) is 23.3 Å². The first-order chi connectivity index (χ1) is 4.88. The summed E-state index contributed by atoms with van der Waals surface area (Å²) in [5.74, 6) is -1.26. The lowest BCUT2D eigenvalue weighted by molar-refractivity contribution is -0.0596. The predicted molar refractivity (Wildman–Crippen MR) is 37.9 cm³/mol. The minimum Gasteiger partial charge on any atom is -0.241 e. The Balaban J connectivity index is 4.68. The second-order valence-corrected chi connectivity index (χ2v) is 1.83. The fraction of sp³-hybridized carbons (Fsp3) is 0.333. The second kappa shape index (κ2) is 3.32. The van der Waals surface area contributed by atoms with E-state index in [9.17, 15) is 13.2 Å². The van der Waals surface area contributed by atoms with Crippen LogP contribution >= 0.6 is 0 Å². The second-order valence-electron chi connectivity index (χ2n) is 1.83. The average Bonchev–Trinajstić information content (AvgIpc) is 1.79. The van der Waals surface area contributed by atoms with E-state index in [1.165, 1.54) is 6.92 Å². The van der Waals surface area contributed by atoms with Crippen molar-refractivity contribution in [2.45, 2.75) is 13.1 Å². The summed E-state index contributed by atoms with van der Waals surface area (Å²) in [6, 6.07) is 0. The molecule has 0 aromatic rings. The number of halogens is 3. The van der Waals surface area contributed by atoms with E-state index in [0.29, 0.717) is 0 Å². The Labute approximate surface area is 62.2 Å². The molecule has 0 unspecified atom stereocenters.